The fourth-order valence-electron chi connectivity index (χ4n) is 8.02. The predicted molar refractivity (Wildman–Crippen MR) is 126 cm³/mol. The number of rotatable bonds is 6. The van der Waals surface area contributed by atoms with Crippen LogP contribution in [0.15, 0.2) is 29.2 Å². The minimum atomic E-state index is -3.81. The van der Waals surface area contributed by atoms with Gasteiger partial charge in [0.05, 0.1) is 22.5 Å². The Morgan fingerprint density at radius 2 is 1.61 bits per heavy atom. The van der Waals surface area contributed by atoms with E-state index in [2.05, 4.69) is 12.1 Å². The zero-order valence-corrected chi connectivity index (χ0v) is 20.8. The van der Waals surface area contributed by atoms with Crippen LogP contribution in [0.1, 0.15) is 63.4 Å². The third kappa shape index (κ3) is 4.09. The molecule has 2 atom stereocenters. The van der Waals surface area contributed by atoms with E-state index in [1.54, 1.807) is 12.1 Å². The first kappa shape index (κ1) is 22.5. The summed E-state index contributed by atoms with van der Waals surface area (Å²) in [5, 5.41) is 0. The number of ether oxygens (including phenoxy) is 1. The largest absolute Gasteiger partial charge is 0.377 e. The van der Waals surface area contributed by atoms with Gasteiger partial charge in [-0.15, -0.1) is 0 Å². The number of nitrogens with zero attached hydrogens (tertiary/aromatic N) is 1. The normalized spacial score (nSPS) is 39.5. The average molecular weight is 494 g/mol. The molecule has 1 aromatic carbocycles. The Labute approximate surface area is 198 Å². The van der Waals surface area contributed by atoms with Crippen molar-refractivity contribution in [2.45, 2.75) is 80.2 Å². The van der Waals surface area contributed by atoms with Gasteiger partial charge in [-0.1, -0.05) is 12.1 Å². The molecule has 0 N–H and O–H groups in total. The standard InChI is InChI=1S/C25H35NO5S2/c27-32(28)9-7-22(17-32)26(16-23-2-1-8-31-23)33(29,30)24-5-3-21(4-6-24)25-13-18-10-19(14-25)12-20(11-18)15-25/h3-6,18-20,22-23H,1-2,7-17H2/t18?,19?,20?,22-,23+,25?/m1/s1. The Hall–Kier alpha value is -0.960. The summed E-state index contributed by atoms with van der Waals surface area (Å²) in [7, 11) is -7.00. The molecule has 8 heteroatoms. The van der Waals surface area contributed by atoms with Crippen LogP contribution in [0.2, 0.25) is 0 Å². The molecule has 0 radical (unpaired) electrons. The molecule has 6 aliphatic rings. The van der Waals surface area contributed by atoms with E-state index >= 15 is 0 Å². The van der Waals surface area contributed by atoms with Crippen LogP contribution in [0.3, 0.4) is 0 Å². The molecule has 2 heterocycles. The van der Waals surface area contributed by atoms with Crippen molar-refractivity contribution in [2.24, 2.45) is 17.8 Å². The van der Waals surface area contributed by atoms with Crippen LogP contribution in [0.4, 0.5) is 0 Å². The van der Waals surface area contributed by atoms with Crippen molar-refractivity contribution < 1.29 is 21.6 Å². The van der Waals surface area contributed by atoms with Crippen molar-refractivity contribution in [3.8, 4) is 0 Å². The second-order valence-corrected chi connectivity index (χ2v) is 15.6. The lowest BCUT2D eigenvalue weighted by atomic mass is 9.48. The molecule has 0 unspecified atom stereocenters. The van der Waals surface area contributed by atoms with Crippen LogP contribution in [0.25, 0.3) is 0 Å². The molecule has 4 saturated carbocycles. The molecule has 182 valence electrons. The van der Waals surface area contributed by atoms with E-state index in [1.807, 2.05) is 0 Å². The topological polar surface area (TPSA) is 80.8 Å². The highest BCUT2D eigenvalue weighted by Gasteiger charge is 2.51. The van der Waals surface area contributed by atoms with Gasteiger partial charge in [0, 0.05) is 19.2 Å². The van der Waals surface area contributed by atoms with Crippen molar-refractivity contribution in [3.63, 3.8) is 0 Å². The van der Waals surface area contributed by atoms with Crippen LogP contribution < -0.4 is 0 Å². The van der Waals surface area contributed by atoms with E-state index in [0.717, 1.165) is 30.6 Å². The molecule has 2 aliphatic heterocycles. The zero-order chi connectivity index (χ0) is 22.8. The minimum absolute atomic E-state index is 0.0557. The van der Waals surface area contributed by atoms with E-state index in [1.165, 1.54) is 48.4 Å². The molecular formula is C25H35NO5S2. The molecule has 1 aromatic rings. The Bertz CT molecular complexity index is 1070. The van der Waals surface area contributed by atoms with Crippen LogP contribution in [-0.2, 0) is 30.0 Å². The number of hydrogen-bond acceptors (Lipinski definition) is 5. The van der Waals surface area contributed by atoms with Crippen LogP contribution in [0, 0.1) is 17.8 Å². The Balaban J connectivity index is 1.28. The summed E-state index contributed by atoms with van der Waals surface area (Å²) in [4.78, 5) is 0.276. The monoisotopic (exact) mass is 493 g/mol. The number of sulfone groups is 1. The summed E-state index contributed by atoms with van der Waals surface area (Å²) in [6.45, 7) is 0.876. The van der Waals surface area contributed by atoms with Crippen molar-refractivity contribution in [1.29, 1.82) is 0 Å². The second-order valence-electron chi connectivity index (χ2n) is 11.5. The second kappa shape index (κ2) is 8.04. The quantitative estimate of drug-likeness (QED) is 0.606. The Morgan fingerprint density at radius 3 is 2.12 bits per heavy atom. The number of sulfonamides is 1. The van der Waals surface area contributed by atoms with E-state index in [0.29, 0.717) is 13.0 Å². The van der Waals surface area contributed by atoms with Gasteiger partial charge >= 0.3 is 0 Å². The van der Waals surface area contributed by atoms with Crippen LogP contribution in [-0.4, -0.2) is 57.9 Å². The number of benzene rings is 1. The SMILES string of the molecule is O=S1(=O)CC[C@@H](N(C[C@@H]2CCCO2)S(=O)(=O)c2ccc(C34CC5CC(CC(C5)C3)C4)cc2)C1. The van der Waals surface area contributed by atoms with Crippen molar-refractivity contribution >= 4 is 19.9 Å². The molecule has 6 fully saturated rings. The lowest BCUT2D eigenvalue weighted by Crippen LogP contribution is -2.48. The van der Waals surface area contributed by atoms with Crippen molar-refractivity contribution in [3.05, 3.63) is 29.8 Å². The summed E-state index contributed by atoms with van der Waals surface area (Å²) in [5.41, 5.74) is 1.53. The van der Waals surface area contributed by atoms with Gasteiger partial charge in [0.2, 0.25) is 10.0 Å². The summed E-state index contributed by atoms with van der Waals surface area (Å²) in [6.07, 6.45) is 9.82. The number of hydrogen-bond donors (Lipinski definition) is 0. The molecule has 0 spiro atoms. The molecule has 4 bridgehead atoms. The van der Waals surface area contributed by atoms with Crippen molar-refractivity contribution in [1.82, 2.24) is 4.31 Å². The van der Waals surface area contributed by atoms with Gasteiger partial charge < -0.3 is 4.74 Å². The molecule has 2 saturated heterocycles. The third-order valence-corrected chi connectivity index (χ3v) is 12.8. The smallest absolute Gasteiger partial charge is 0.243 e. The Morgan fingerprint density at radius 1 is 0.970 bits per heavy atom. The molecule has 6 nitrogen and oxygen atoms in total. The molecular weight excluding hydrogens is 458 g/mol. The van der Waals surface area contributed by atoms with E-state index in [4.69, 9.17) is 4.74 Å². The zero-order valence-electron chi connectivity index (χ0n) is 19.2. The maximum atomic E-state index is 13.8. The summed E-state index contributed by atoms with van der Waals surface area (Å²) >= 11 is 0. The summed E-state index contributed by atoms with van der Waals surface area (Å²) in [6, 6.07) is 7.14. The Kier molecular flexibility index (Phi) is 5.48. The van der Waals surface area contributed by atoms with Gasteiger partial charge in [0.25, 0.3) is 0 Å². The lowest BCUT2D eigenvalue weighted by Gasteiger charge is -2.57. The fourth-order valence-corrected chi connectivity index (χ4v) is 11.5. The average Bonchev–Trinajstić information content (AvgIpc) is 3.40. The van der Waals surface area contributed by atoms with E-state index < -0.39 is 25.9 Å². The predicted octanol–water partition coefficient (Wildman–Crippen LogP) is 3.51. The van der Waals surface area contributed by atoms with Crippen LogP contribution in [0.5, 0.6) is 0 Å². The minimum Gasteiger partial charge on any atom is -0.377 e. The highest BCUT2D eigenvalue weighted by molar-refractivity contribution is 7.92. The summed E-state index contributed by atoms with van der Waals surface area (Å²) in [5.74, 6) is 2.48. The first-order valence-corrected chi connectivity index (χ1v) is 15.9. The lowest BCUT2D eigenvalue weighted by molar-refractivity contribution is -0.00521. The van der Waals surface area contributed by atoms with Gasteiger partial charge in [-0.25, -0.2) is 16.8 Å². The van der Waals surface area contributed by atoms with Crippen LogP contribution >= 0.6 is 0 Å². The maximum Gasteiger partial charge on any atom is 0.243 e. The summed E-state index contributed by atoms with van der Waals surface area (Å²) < 4.78 is 59.0. The van der Waals surface area contributed by atoms with Gasteiger partial charge in [-0.2, -0.15) is 4.31 Å². The molecule has 4 aliphatic carbocycles. The highest BCUT2D eigenvalue weighted by atomic mass is 32.2. The van der Waals surface area contributed by atoms with Gasteiger partial charge in [0.15, 0.2) is 9.84 Å². The fraction of sp³-hybridized carbons (Fsp3) is 0.760. The molecule has 0 aromatic heterocycles. The highest BCUT2D eigenvalue weighted by Crippen LogP contribution is 2.60. The van der Waals surface area contributed by atoms with Gasteiger partial charge in [0.1, 0.15) is 0 Å². The van der Waals surface area contributed by atoms with Gasteiger partial charge in [-0.3, -0.25) is 0 Å². The molecule has 0 amide bonds. The molecule has 33 heavy (non-hydrogen) atoms. The van der Waals surface area contributed by atoms with Gasteiger partial charge in [-0.05, 0) is 98.7 Å². The first-order valence-electron chi connectivity index (χ1n) is 12.7. The molecule has 7 rings (SSSR count). The maximum absolute atomic E-state index is 13.8. The van der Waals surface area contributed by atoms with Crippen molar-refractivity contribution in [2.75, 3.05) is 24.7 Å². The van der Waals surface area contributed by atoms with E-state index in [9.17, 15) is 16.8 Å². The first-order chi connectivity index (χ1) is 15.7. The third-order valence-electron chi connectivity index (χ3n) is 9.13. The van der Waals surface area contributed by atoms with E-state index in [-0.39, 0.29) is 34.5 Å².